The van der Waals surface area contributed by atoms with Gasteiger partial charge in [-0.05, 0) is 36.6 Å². The molecule has 6 nitrogen and oxygen atoms in total. The van der Waals surface area contributed by atoms with Crippen LogP contribution in [0.5, 0.6) is 0 Å². The number of nitrogens with one attached hydrogen (secondary N) is 2. The maximum atomic E-state index is 11.7. The van der Waals surface area contributed by atoms with Gasteiger partial charge >= 0.3 is 5.97 Å². The Labute approximate surface area is 112 Å². The monoisotopic (exact) mass is 284 g/mol. The summed E-state index contributed by atoms with van der Waals surface area (Å²) in [5.41, 5.74) is 2.57. The summed E-state index contributed by atoms with van der Waals surface area (Å²) in [6.07, 6.45) is 1.93. The van der Waals surface area contributed by atoms with Crippen LogP contribution in [0, 0.1) is 0 Å². The fourth-order valence-corrected chi connectivity index (χ4v) is 2.95. The van der Waals surface area contributed by atoms with Crippen molar-refractivity contribution in [1.82, 2.24) is 0 Å². The summed E-state index contributed by atoms with van der Waals surface area (Å²) in [4.78, 5) is 11.0. The Morgan fingerprint density at radius 1 is 1.47 bits per heavy atom. The van der Waals surface area contributed by atoms with E-state index in [2.05, 4.69) is 14.8 Å². The second kappa shape index (κ2) is 5.48. The van der Waals surface area contributed by atoms with Crippen molar-refractivity contribution < 1.29 is 17.9 Å². The van der Waals surface area contributed by atoms with Gasteiger partial charge in [0.05, 0.1) is 7.11 Å². The first-order chi connectivity index (χ1) is 9.00. The van der Waals surface area contributed by atoms with E-state index in [0.717, 1.165) is 37.7 Å². The van der Waals surface area contributed by atoms with E-state index in [1.807, 2.05) is 6.07 Å². The highest BCUT2D eigenvalue weighted by molar-refractivity contribution is 7.93. The van der Waals surface area contributed by atoms with Crippen molar-refractivity contribution in [3.8, 4) is 0 Å². The molecule has 1 aromatic rings. The van der Waals surface area contributed by atoms with Crippen molar-refractivity contribution in [2.24, 2.45) is 0 Å². The fourth-order valence-electron chi connectivity index (χ4n) is 1.97. The summed E-state index contributed by atoms with van der Waals surface area (Å²) < 4.78 is 30.1. The molecule has 104 valence electrons. The van der Waals surface area contributed by atoms with Gasteiger partial charge in [-0.15, -0.1) is 0 Å². The first kappa shape index (κ1) is 13.7. The zero-order valence-corrected chi connectivity index (χ0v) is 11.4. The highest BCUT2D eigenvalue weighted by Gasteiger charge is 2.18. The standard InChI is InChI=1S/C12H16N2O4S/c1-18-12(15)8-19(16,17)14-10-4-5-11-9(7-10)3-2-6-13-11/h4-5,7,13-14H,2-3,6,8H2,1H3. The van der Waals surface area contributed by atoms with E-state index in [4.69, 9.17) is 0 Å². The second-order valence-electron chi connectivity index (χ2n) is 4.34. The van der Waals surface area contributed by atoms with Crippen LogP contribution in [-0.4, -0.2) is 33.8 Å². The summed E-state index contributed by atoms with van der Waals surface area (Å²) in [5, 5.41) is 3.24. The molecule has 0 aliphatic carbocycles. The zero-order valence-electron chi connectivity index (χ0n) is 10.6. The number of rotatable bonds is 4. The van der Waals surface area contributed by atoms with Crippen LogP contribution in [0.3, 0.4) is 0 Å². The Kier molecular flexibility index (Phi) is 3.94. The van der Waals surface area contributed by atoms with Gasteiger partial charge < -0.3 is 10.1 Å². The van der Waals surface area contributed by atoms with E-state index in [1.54, 1.807) is 12.1 Å². The van der Waals surface area contributed by atoms with Crippen LogP contribution >= 0.6 is 0 Å². The molecule has 1 aromatic carbocycles. The quantitative estimate of drug-likeness (QED) is 0.804. The number of benzene rings is 1. The van der Waals surface area contributed by atoms with Crippen molar-refractivity contribution in [1.29, 1.82) is 0 Å². The summed E-state index contributed by atoms with van der Waals surface area (Å²) in [6, 6.07) is 5.30. The third-order valence-corrected chi connectivity index (χ3v) is 4.01. The SMILES string of the molecule is COC(=O)CS(=O)(=O)Nc1ccc2c(c1)CCCN2. The van der Waals surface area contributed by atoms with Crippen LogP contribution < -0.4 is 10.0 Å². The molecule has 0 unspecified atom stereocenters. The summed E-state index contributed by atoms with van der Waals surface area (Å²) in [5.74, 6) is -1.47. The number of hydrogen-bond acceptors (Lipinski definition) is 5. The molecule has 2 N–H and O–H groups in total. The lowest BCUT2D eigenvalue weighted by Crippen LogP contribution is -2.23. The number of aryl methyl sites for hydroxylation is 1. The minimum Gasteiger partial charge on any atom is -0.468 e. The van der Waals surface area contributed by atoms with E-state index in [1.165, 1.54) is 0 Å². The van der Waals surface area contributed by atoms with Crippen molar-refractivity contribution in [2.75, 3.05) is 29.4 Å². The predicted molar refractivity (Wildman–Crippen MR) is 72.7 cm³/mol. The number of methoxy groups -OCH3 is 1. The number of carbonyl (C=O) groups is 1. The predicted octanol–water partition coefficient (Wildman–Crippen LogP) is 0.959. The van der Waals surface area contributed by atoms with Gasteiger partial charge in [0, 0.05) is 17.9 Å². The number of ether oxygens (including phenoxy) is 1. The van der Waals surface area contributed by atoms with E-state index in [9.17, 15) is 13.2 Å². The van der Waals surface area contributed by atoms with Gasteiger partial charge in [0.25, 0.3) is 0 Å². The largest absolute Gasteiger partial charge is 0.468 e. The average Bonchev–Trinajstić information content (AvgIpc) is 2.37. The molecule has 0 amide bonds. The van der Waals surface area contributed by atoms with Gasteiger partial charge in [0.2, 0.25) is 10.0 Å². The smallest absolute Gasteiger partial charge is 0.322 e. The number of anilines is 2. The van der Waals surface area contributed by atoms with Gasteiger partial charge in [0.1, 0.15) is 0 Å². The van der Waals surface area contributed by atoms with E-state index < -0.39 is 21.7 Å². The van der Waals surface area contributed by atoms with Crippen LogP contribution in [-0.2, 0) is 26.0 Å². The first-order valence-electron chi connectivity index (χ1n) is 5.94. The minimum absolute atomic E-state index is 0.464. The molecule has 1 aliphatic rings. The van der Waals surface area contributed by atoms with Crippen LogP contribution in [0.15, 0.2) is 18.2 Å². The normalized spacial score (nSPS) is 14.2. The van der Waals surface area contributed by atoms with Crippen LogP contribution in [0.1, 0.15) is 12.0 Å². The molecular weight excluding hydrogens is 268 g/mol. The number of esters is 1. The molecule has 1 heterocycles. The van der Waals surface area contributed by atoms with Gasteiger partial charge in [0.15, 0.2) is 5.75 Å². The van der Waals surface area contributed by atoms with Gasteiger partial charge in [-0.1, -0.05) is 0 Å². The summed E-state index contributed by atoms with van der Waals surface area (Å²) in [6.45, 7) is 0.931. The molecule has 1 aliphatic heterocycles. The Morgan fingerprint density at radius 3 is 3.00 bits per heavy atom. The van der Waals surface area contributed by atoms with Crippen molar-refractivity contribution in [3.63, 3.8) is 0 Å². The molecule has 0 saturated carbocycles. The van der Waals surface area contributed by atoms with E-state index >= 15 is 0 Å². The van der Waals surface area contributed by atoms with Crippen LogP contribution in [0.2, 0.25) is 0 Å². The lowest BCUT2D eigenvalue weighted by atomic mass is 10.0. The van der Waals surface area contributed by atoms with Crippen molar-refractivity contribution in [3.05, 3.63) is 23.8 Å². The summed E-state index contributed by atoms with van der Waals surface area (Å²) >= 11 is 0. The van der Waals surface area contributed by atoms with E-state index in [0.29, 0.717) is 5.69 Å². The Balaban J connectivity index is 2.13. The highest BCUT2D eigenvalue weighted by Crippen LogP contribution is 2.25. The third kappa shape index (κ3) is 3.60. The minimum atomic E-state index is -3.72. The van der Waals surface area contributed by atoms with Crippen LogP contribution in [0.4, 0.5) is 11.4 Å². The van der Waals surface area contributed by atoms with Crippen molar-refractivity contribution in [2.45, 2.75) is 12.8 Å². The molecule has 0 atom stereocenters. The lowest BCUT2D eigenvalue weighted by Gasteiger charge is -2.19. The van der Waals surface area contributed by atoms with Crippen molar-refractivity contribution >= 4 is 27.4 Å². The molecule has 0 aromatic heterocycles. The van der Waals surface area contributed by atoms with Crippen LogP contribution in [0.25, 0.3) is 0 Å². The Morgan fingerprint density at radius 2 is 2.26 bits per heavy atom. The number of carbonyl (C=O) groups excluding carboxylic acids is 1. The zero-order chi connectivity index (χ0) is 13.9. The maximum Gasteiger partial charge on any atom is 0.322 e. The second-order valence-corrected chi connectivity index (χ2v) is 6.06. The summed E-state index contributed by atoms with van der Waals surface area (Å²) in [7, 11) is -2.56. The molecule has 19 heavy (non-hydrogen) atoms. The molecule has 0 radical (unpaired) electrons. The number of fused-ring (bicyclic) bond motifs is 1. The lowest BCUT2D eigenvalue weighted by molar-refractivity contribution is -0.137. The molecule has 7 heteroatoms. The molecule has 0 bridgehead atoms. The molecule has 2 rings (SSSR count). The number of hydrogen-bond donors (Lipinski definition) is 2. The molecule has 0 saturated heterocycles. The van der Waals surface area contributed by atoms with E-state index in [-0.39, 0.29) is 0 Å². The first-order valence-corrected chi connectivity index (χ1v) is 7.59. The fraction of sp³-hybridized carbons (Fsp3) is 0.417. The Hall–Kier alpha value is -1.76. The Bertz CT molecular complexity index is 583. The van der Waals surface area contributed by atoms with Gasteiger partial charge in [-0.25, -0.2) is 8.42 Å². The highest BCUT2D eigenvalue weighted by atomic mass is 32.2. The molecular formula is C12H16N2O4S. The molecule has 0 fully saturated rings. The topological polar surface area (TPSA) is 84.5 Å². The average molecular weight is 284 g/mol. The number of sulfonamides is 1. The van der Waals surface area contributed by atoms with Gasteiger partial charge in [-0.2, -0.15) is 0 Å². The molecule has 0 spiro atoms. The van der Waals surface area contributed by atoms with Gasteiger partial charge in [-0.3, -0.25) is 9.52 Å². The third-order valence-electron chi connectivity index (χ3n) is 2.85. The maximum absolute atomic E-state index is 11.7.